The van der Waals surface area contributed by atoms with Gasteiger partial charge in [0.2, 0.25) is 5.95 Å². The molecule has 0 aliphatic heterocycles. The van der Waals surface area contributed by atoms with Crippen molar-refractivity contribution >= 4 is 17.5 Å². The number of hydrogen-bond acceptors (Lipinski definition) is 6. The van der Waals surface area contributed by atoms with Crippen LogP contribution in [0.15, 0.2) is 12.1 Å². The number of nitrogens with two attached hydrogens (primary N) is 1. The number of rotatable bonds is 3. The molecular weight excluding hydrogens is 282 g/mol. The summed E-state index contributed by atoms with van der Waals surface area (Å²) in [5, 5.41) is 9.77. The molecule has 21 heavy (non-hydrogen) atoms. The van der Waals surface area contributed by atoms with Gasteiger partial charge in [-0.15, -0.1) is 5.10 Å². The van der Waals surface area contributed by atoms with Crippen LogP contribution in [-0.4, -0.2) is 21.1 Å². The number of aromatic nitrogens is 3. The Morgan fingerprint density at radius 3 is 2.29 bits per heavy atom. The summed E-state index contributed by atoms with van der Waals surface area (Å²) in [6.07, 6.45) is 0. The fraction of sp³-hybridized carbons (Fsp3) is 0.167. The second kappa shape index (κ2) is 5.75. The lowest BCUT2D eigenvalue weighted by atomic mass is 10.1. The zero-order valence-corrected chi connectivity index (χ0v) is 11.2. The smallest absolute Gasteiger partial charge is 0.258 e. The summed E-state index contributed by atoms with van der Waals surface area (Å²) in [4.78, 5) is 15.9. The van der Waals surface area contributed by atoms with E-state index in [4.69, 9.17) is 5.84 Å². The van der Waals surface area contributed by atoms with Crippen molar-refractivity contribution in [2.75, 3.05) is 10.7 Å². The average molecular weight is 294 g/mol. The van der Waals surface area contributed by atoms with Gasteiger partial charge in [0.1, 0.15) is 5.69 Å². The van der Waals surface area contributed by atoms with Crippen molar-refractivity contribution in [3.63, 3.8) is 0 Å². The van der Waals surface area contributed by atoms with E-state index in [1.54, 1.807) is 13.8 Å². The maximum Gasteiger partial charge on any atom is 0.258 e. The van der Waals surface area contributed by atoms with Crippen molar-refractivity contribution in [3.05, 3.63) is 40.7 Å². The molecule has 0 radical (unpaired) electrons. The molecule has 1 heterocycles. The molecule has 0 saturated heterocycles. The number of nitrogens with one attached hydrogen (secondary N) is 2. The molecule has 2 aromatic rings. The van der Waals surface area contributed by atoms with Gasteiger partial charge in [0.15, 0.2) is 11.6 Å². The highest BCUT2D eigenvalue weighted by Crippen LogP contribution is 2.20. The van der Waals surface area contributed by atoms with Crippen molar-refractivity contribution in [2.45, 2.75) is 13.8 Å². The van der Waals surface area contributed by atoms with Crippen molar-refractivity contribution in [3.8, 4) is 0 Å². The standard InChI is InChI=1S/C12H12F2N6O/c1-5-6(2)19-20-12(16-5)17-11(21)7-3-8(13)10(18-15)9(14)4-7/h3-4,18H,15H2,1-2H3,(H,16,17,20,21). The molecule has 0 aliphatic carbocycles. The van der Waals surface area contributed by atoms with E-state index in [-0.39, 0.29) is 11.5 Å². The first kappa shape index (κ1) is 14.7. The van der Waals surface area contributed by atoms with Crippen LogP contribution in [0.25, 0.3) is 0 Å². The molecule has 0 unspecified atom stereocenters. The summed E-state index contributed by atoms with van der Waals surface area (Å²) >= 11 is 0. The van der Waals surface area contributed by atoms with E-state index in [1.165, 1.54) is 0 Å². The van der Waals surface area contributed by atoms with E-state index in [0.29, 0.717) is 11.4 Å². The molecular formula is C12H12F2N6O. The van der Waals surface area contributed by atoms with Gasteiger partial charge in [-0.25, -0.2) is 13.8 Å². The number of aryl methyl sites for hydroxylation is 2. The second-order valence-corrected chi connectivity index (χ2v) is 4.22. The quantitative estimate of drug-likeness (QED) is 0.582. The molecule has 0 atom stereocenters. The van der Waals surface area contributed by atoms with Gasteiger partial charge in [0.25, 0.3) is 5.91 Å². The van der Waals surface area contributed by atoms with Crippen LogP contribution in [0, 0.1) is 25.5 Å². The highest BCUT2D eigenvalue weighted by molar-refractivity contribution is 6.03. The minimum atomic E-state index is -0.984. The van der Waals surface area contributed by atoms with Crippen molar-refractivity contribution in [2.24, 2.45) is 5.84 Å². The number of nitrogen functional groups attached to an aromatic ring is 1. The number of anilines is 2. The predicted octanol–water partition coefficient (Wildman–Crippen LogP) is 1.30. The van der Waals surface area contributed by atoms with Gasteiger partial charge < -0.3 is 5.43 Å². The molecule has 0 fully saturated rings. The zero-order chi connectivity index (χ0) is 15.6. The Morgan fingerprint density at radius 2 is 1.76 bits per heavy atom. The molecule has 1 amide bonds. The number of carbonyl (C=O) groups excluding carboxylic acids is 1. The van der Waals surface area contributed by atoms with Crippen LogP contribution < -0.4 is 16.6 Å². The maximum absolute atomic E-state index is 13.5. The van der Waals surface area contributed by atoms with E-state index in [0.717, 1.165) is 12.1 Å². The van der Waals surface area contributed by atoms with Crippen LogP contribution in [0.2, 0.25) is 0 Å². The van der Waals surface area contributed by atoms with E-state index < -0.39 is 23.2 Å². The maximum atomic E-state index is 13.5. The third kappa shape index (κ3) is 3.08. The highest BCUT2D eigenvalue weighted by Gasteiger charge is 2.15. The third-order valence-electron chi connectivity index (χ3n) is 2.77. The van der Waals surface area contributed by atoms with Gasteiger partial charge in [-0.3, -0.25) is 16.0 Å². The van der Waals surface area contributed by atoms with E-state index >= 15 is 0 Å². The van der Waals surface area contributed by atoms with Gasteiger partial charge in [-0.1, -0.05) is 0 Å². The Hall–Kier alpha value is -2.68. The monoisotopic (exact) mass is 294 g/mol. The van der Waals surface area contributed by atoms with Crippen LogP contribution in [0.1, 0.15) is 21.7 Å². The van der Waals surface area contributed by atoms with Gasteiger partial charge in [-0.05, 0) is 26.0 Å². The van der Waals surface area contributed by atoms with Gasteiger partial charge >= 0.3 is 0 Å². The minimum Gasteiger partial charge on any atom is -0.319 e. The first-order valence-corrected chi connectivity index (χ1v) is 5.87. The Kier molecular flexibility index (Phi) is 4.03. The number of carbonyl (C=O) groups is 1. The molecule has 0 bridgehead atoms. The number of benzene rings is 1. The summed E-state index contributed by atoms with van der Waals surface area (Å²) in [7, 11) is 0. The fourth-order valence-electron chi connectivity index (χ4n) is 1.53. The van der Waals surface area contributed by atoms with Crippen molar-refractivity contribution in [1.29, 1.82) is 0 Å². The second-order valence-electron chi connectivity index (χ2n) is 4.22. The largest absolute Gasteiger partial charge is 0.319 e. The number of amides is 1. The Balaban J connectivity index is 2.26. The molecule has 9 heteroatoms. The minimum absolute atomic E-state index is 0.0510. The number of halogens is 2. The predicted molar refractivity (Wildman–Crippen MR) is 71.4 cm³/mol. The number of hydrogen-bond donors (Lipinski definition) is 3. The lowest BCUT2D eigenvalue weighted by Crippen LogP contribution is -2.17. The zero-order valence-electron chi connectivity index (χ0n) is 11.2. The summed E-state index contributed by atoms with van der Waals surface area (Å²) in [6.45, 7) is 3.41. The highest BCUT2D eigenvalue weighted by atomic mass is 19.1. The molecule has 0 saturated carbocycles. The summed E-state index contributed by atoms with van der Waals surface area (Å²) in [6, 6.07) is 1.70. The number of hydrazine groups is 1. The molecule has 0 spiro atoms. The summed E-state index contributed by atoms with van der Waals surface area (Å²) in [5.74, 6) is 2.19. The SMILES string of the molecule is Cc1nnc(NC(=O)c2cc(F)c(NN)c(F)c2)nc1C. The molecule has 4 N–H and O–H groups in total. The number of nitrogens with zero attached hydrogens (tertiary/aromatic N) is 3. The van der Waals surface area contributed by atoms with Crippen LogP contribution in [0.4, 0.5) is 20.4 Å². The molecule has 1 aromatic heterocycles. The van der Waals surface area contributed by atoms with Crippen molar-refractivity contribution < 1.29 is 13.6 Å². The average Bonchev–Trinajstić information content (AvgIpc) is 2.42. The summed E-state index contributed by atoms with van der Waals surface area (Å²) < 4.78 is 27.0. The Morgan fingerprint density at radius 1 is 1.14 bits per heavy atom. The lowest BCUT2D eigenvalue weighted by molar-refractivity contribution is 0.102. The Labute approximate surface area is 118 Å². The van der Waals surface area contributed by atoms with Gasteiger partial charge in [0.05, 0.1) is 11.4 Å². The van der Waals surface area contributed by atoms with Crippen LogP contribution >= 0.6 is 0 Å². The van der Waals surface area contributed by atoms with Crippen molar-refractivity contribution in [1.82, 2.24) is 15.2 Å². The van der Waals surface area contributed by atoms with E-state index in [1.807, 2.05) is 5.43 Å². The van der Waals surface area contributed by atoms with Gasteiger partial charge in [-0.2, -0.15) is 5.10 Å². The third-order valence-corrected chi connectivity index (χ3v) is 2.77. The Bertz CT molecular complexity index is 683. The molecule has 1 aromatic carbocycles. The van der Waals surface area contributed by atoms with E-state index in [2.05, 4.69) is 20.5 Å². The molecule has 110 valence electrons. The topological polar surface area (TPSA) is 106 Å². The van der Waals surface area contributed by atoms with Gasteiger partial charge in [0, 0.05) is 5.56 Å². The first-order valence-electron chi connectivity index (χ1n) is 5.87. The van der Waals surface area contributed by atoms with E-state index in [9.17, 15) is 13.6 Å². The molecule has 0 aliphatic rings. The first-order chi connectivity index (χ1) is 9.92. The molecule has 7 nitrogen and oxygen atoms in total. The lowest BCUT2D eigenvalue weighted by Gasteiger charge is -2.08. The van der Waals surface area contributed by atoms with Crippen LogP contribution in [0.3, 0.4) is 0 Å². The summed E-state index contributed by atoms with van der Waals surface area (Å²) in [5.41, 5.74) is 2.33. The fourth-order valence-corrected chi connectivity index (χ4v) is 1.53. The van der Waals surface area contributed by atoms with Crippen LogP contribution in [0.5, 0.6) is 0 Å². The molecule has 2 rings (SSSR count). The van der Waals surface area contributed by atoms with Crippen LogP contribution in [-0.2, 0) is 0 Å². The normalized spacial score (nSPS) is 10.3.